The molecule has 0 aliphatic carbocycles. The van der Waals surface area contributed by atoms with E-state index in [0.717, 1.165) is 27.6 Å². The zero-order valence-electron chi connectivity index (χ0n) is 17.8. The number of pyridine rings is 1. The van der Waals surface area contributed by atoms with Gasteiger partial charge in [0.25, 0.3) is 0 Å². The van der Waals surface area contributed by atoms with Crippen LogP contribution >= 0.6 is 0 Å². The molecule has 0 unspecified atom stereocenters. The summed E-state index contributed by atoms with van der Waals surface area (Å²) in [6.45, 7) is -0.740. The fraction of sp³-hybridized carbons (Fsp3) is 0.304. The molecule has 10 heteroatoms. The lowest BCUT2D eigenvalue weighted by Crippen LogP contribution is -2.64. The Kier molecular flexibility index (Phi) is 4.94. The van der Waals surface area contributed by atoms with Crippen molar-refractivity contribution in [3.8, 4) is 28.5 Å². The molecular weight excluding hydrogens is 431 g/mol. The molecule has 1 saturated heterocycles. The highest BCUT2D eigenvalue weighted by molar-refractivity contribution is 5.97. The van der Waals surface area contributed by atoms with E-state index >= 15 is 0 Å². The van der Waals surface area contributed by atoms with Gasteiger partial charge in [-0.25, -0.2) is 0 Å². The van der Waals surface area contributed by atoms with E-state index in [2.05, 4.69) is 16.2 Å². The Morgan fingerprint density at radius 3 is 2.70 bits per heavy atom. The van der Waals surface area contributed by atoms with Crippen LogP contribution in [0.4, 0.5) is 13.2 Å². The topological polar surface area (TPSA) is 75.6 Å². The van der Waals surface area contributed by atoms with Crippen LogP contribution in [0.1, 0.15) is 6.42 Å². The SMILES string of the molecule is Cn1cc(-c2cc(-c3ccn(C4(CC#N)CN(CC(F)(F)F)C4)n3)c3cccnc3c2)cn1. The molecule has 3 aromatic heterocycles. The van der Waals surface area contributed by atoms with Gasteiger partial charge in [-0.05, 0) is 29.8 Å². The Labute approximate surface area is 187 Å². The maximum atomic E-state index is 12.8. The van der Waals surface area contributed by atoms with Gasteiger partial charge in [0.05, 0.1) is 36.4 Å². The summed E-state index contributed by atoms with van der Waals surface area (Å²) in [5.41, 5.74) is 3.43. The van der Waals surface area contributed by atoms with Gasteiger partial charge in [-0.15, -0.1) is 0 Å². The molecule has 7 nitrogen and oxygen atoms in total. The van der Waals surface area contributed by atoms with Gasteiger partial charge in [0.1, 0.15) is 5.54 Å². The molecular formula is C23H20F3N7. The standard InChI is InChI=1S/C23H20F3N7/c1-31-12-17(11-29-31)16-9-19(18-3-2-7-28-21(18)10-16)20-4-8-33(30-20)22(5-6-27)13-32(14-22)15-23(24,25)26/h2-4,7-12H,5,13-15H2,1H3. The molecule has 0 radical (unpaired) electrons. The van der Waals surface area contributed by atoms with Gasteiger partial charge in [0.15, 0.2) is 0 Å². The van der Waals surface area contributed by atoms with Crippen LogP contribution in [0, 0.1) is 11.3 Å². The zero-order valence-corrected chi connectivity index (χ0v) is 17.8. The van der Waals surface area contributed by atoms with Gasteiger partial charge in [-0.1, -0.05) is 6.07 Å². The third-order valence-electron chi connectivity index (χ3n) is 5.96. The van der Waals surface area contributed by atoms with Gasteiger partial charge >= 0.3 is 6.18 Å². The van der Waals surface area contributed by atoms with E-state index in [9.17, 15) is 18.4 Å². The predicted octanol–water partition coefficient (Wildman–Crippen LogP) is 3.99. The lowest BCUT2D eigenvalue weighted by atomic mass is 9.87. The molecule has 0 saturated carbocycles. The molecule has 5 rings (SSSR count). The average Bonchev–Trinajstić information content (AvgIpc) is 3.40. The van der Waals surface area contributed by atoms with Gasteiger partial charge in [-0.3, -0.25) is 19.2 Å². The minimum atomic E-state index is -4.27. The first-order valence-electron chi connectivity index (χ1n) is 10.4. The normalized spacial score (nSPS) is 16.0. The summed E-state index contributed by atoms with van der Waals surface area (Å²) in [5, 5.41) is 19.2. The number of hydrogen-bond acceptors (Lipinski definition) is 5. The summed E-state index contributed by atoms with van der Waals surface area (Å²) in [7, 11) is 1.85. The fourth-order valence-corrected chi connectivity index (χ4v) is 4.50. The molecule has 1 aliphatic heterocycles. The number of halogens is 3. The lowest BCUT2D eigenvalue weighted by Gasteiger charge is -2.49. The summed E-state index contributed by atoms with van der Waals surface area (Å²) >= 11 is 0. The van der Waals surface area contributed by atoms with Crippen molar-refractivity contribution in [2.24, 2.45) is 7.05 Å². The van der Waals surface area contributed by atoms with Crippen molar-refractivity contribution in [2.75, 3.05) is 19.6 Å². The summed E-state index contributed by atoms with van der Waals surface area (Å²) < 4.78 is 41.7. The van der Waals surface area contributed by atoms with E-state index in [-0.39, 0.29) is 19.5 Å². The van der Waals surface area contributed by atoms with Crippen LogP contribution in [0.25, 0.3) is 33.3 Å². The van der Waals surface area contributed by atoms with Crippen LogP contribution in [-0.2, 0) is 12.6 Å². The van der Waals surface area contributed by atoms with Gasteiger partial charge in [-0.2, -0.15) is 28.6 Å². The molecule has 0 spiro atoms. The number of benzene rings is 1. The monoisotopic (exact) mass is 451 g/mol. The van der Waals surface area contributed by atoms with E-state index in [4.69, 9.17) is 5.10 Å². The highest BCUT2D eigenvalue weighted by Gasteiger charge is 2.48. The van der Waals surface area contributed by atoms with E-state index in [1.54, 1.807) is 28.0 Å². The van der Waals surface area contributed by atoms with Crippen LogP contribution in [-0.4, -0.2) is 55.3 Å². The maximum Gasteiger partial charge on any atom is 0.401 e. The van der Waals surface area contributed by atoms with E-state index in [1.165, 1.54) is 4.90 Å². The minimum absolute atomic E-state index is 0.0838. The maximum absolute atomic E-state index is 12.8. The number of nitrogens with zero attached hydrogens (tertiary/aromatic N) is 7. The molecule has 4 aromatic rings. The largest absolute Gasteiger partial charge is 0.401 e. The first kappa shape index (κ1) is 21.2. The Bertz CT molecular complexity index is 1360. The van der Waals surface area contributed by atoms with Crippen LogP contribution in [0.5, 0.6) is 0 Å². The van der Waals surface area contributed by atoms with E-state index in [0.29, 0.717) is 5.69 Å². The summed E-state index contributed by atoms with van der Waals surface area (Å²) in [5.74, 6) is 0. The van der Waals surface area contributed by atoms with Crippen molar-refractivity contribution in [3.63, 3.8) is 0 Å². The first-order chi connectivity index (χ1) is 15.8. The summed E-state index contributed by atoms with van der Waals surface area (Å²) in [4.78, 5) is 5.79. The van der Waals surface area contributed by atoms with Crippen LogP contribution in [0.3, 0.4) is 0 Å². The number of likely N-dealkylation sites (tertiary alicyclic amines) is 1. The number of aromatic nitrogens is 5. The Hall–Kier alpha value is -3.71. The molecule has 168 valence electrons. The summed E-state index contributed by atoms with van der Waals surface area (Å²) in [6.07, 6.45) is 2.98. The van der Waals surface area contributed by atoms with Crippen LogP contribution < -0.4 is 0 Å². The minimum Gasteiger partial charge on any atom is -0.290 e. The number of fused-ring (bicyclic) bond motifs is 1. The van der Waals surface area contributed by atoms with Crippen LogP contribution in [0.15, 0.2) is 55.1 Å². The van der Waals surface area contributed by atoms with Crippen molar-refractivity contribution in [3.05, 3.63) is 55.1 Å². The van der Waals surface area contributed by atoms with E-state index in [1.807, 2.05) is 43.6 Å². The second kappa shape index (κ2) is 7.71. The predicted molar refractivity (Wildman–Crippen MR) is 116 cm³/mol. The fourth-order valence-electron chi connectivity index (χ4n) is 4.50. The molecule has 0 bridgehead atoms. The molecule has 33 heavy (non-hydrogen) atoms. The van der Waals surface area contributed by atoms with Crippen molar-refractivity contribution in [2.45, 2.75) is 18.1 Å². The Morgan fingerprint density at radius 2 is 2.00 bits per heavy atom. The smallest absolute Gasteiger partial charge is 0.290 e. The molecule has 0 amide bonds. The van der Waals surface area contributed by atoms with Crippen molar-refractivity contribution in [1.82, 2.24) is 29.4 Å². The van der Waals surface area contributed by atoms with Gasteiger partial charge < -0.3 is 0 Å². The van der Waals surface area contributed by atoms with E-state index < -0.39 is 18.3 Å². The van der Waals surface area contributed by atoms with Gasteiger partial charge in [0.2, 0.25) is 0 Å². The number of aryl methyl sites for hydroxylation is 1. The first-order valence-corrected chi connectivity index (χ1v) is 10.4. The number of hydrogen-bond donors (Lipinski definition) is 0. The average molecular weight is 451 g/mol. The lowest BCUT2D eigenvalue weighted by molar-refractivity contribution is -0.167. The van der Waals surface area contributed by atoms with Crippen molar-refractivity contribution < 1.29 is 13.2 Å². The highest BCUT2D eigenvalue weighted by atomic mass is 19.4. The third kappa shape index (κ3) is 3.96. The highest BCUT2D eigenvalue weighted by Crippen LogP contribution is 2.37. The quantitative estimate of drug-likeness (QED) is 0.459. The van der Waals surface area contributed by atoms with Crippen molar-refractivity contribution in [1.29, 1.82) is 5.26 Å². The molecule has 1 fully saturated rings. The zero-order chi connectivity index (χ0) is 23.2. The second-order valence-electron chi connectivity index (χ2n) is 8.46. The number of rotatable bonds is 5. The number of nitriles is 1. The number of alkyl halides is 3. The molecule has 1 aromatic carbocycles. The van der Waals surface area contributed by atoms with Crippen molar-refractivity contribution >= 4 is 10.9 Å². The molecule has 0 atom stereocenters. The Morgan fingerprint density at radius 1 is 1.18 bits per heavy atom. The molecule has 4 heterocycles. The summed E-state index contributed by atoms with van der Waals surface area (Å²) in [6, 6.07) is 11.8. The second-order valence-corrected chi connectivity index (χ2v) is 8.46. The Balaban J connectivity index is 1.53. The molecule has 1 aliphatic rings. The van der Waals surface area contributed by atoms with Gasteiger partial charge in [0, 0.05) is 55.2 Å². The van der Waals surface area contributed by atoms with Crippen LogP contribution in [0.2, 0.25) is 0 Å². The third-order valence-corrected chi connectivity index (χ3v) is 5.96. The molecule has 0 N–H and O–H groups in total.